The van der Waals surface area contributed by atoms with Crippen molar-refractivity contribution in [1.29, 1.82) is 0 Å². The summed E-state index contributed by atoms with van der Waals surface area (Å²) in [7, 11) is 1.87. The number of aromatic hydroxyl groups is 1. The summed E-state index contributed by atoms with van der Waals surface area (Å²) in [6.07, 6.45) is 0.939. The molecule has 1 saturated heterocycles. The minimum absolute atomic E-state index is 0.0119. The highest BCUT2D eigenvalue weighted by Crippen LogP contribution is 2.30. The van der Waals surface area contributed by atoms with Crippen LogP contribution in [-0.2, 0) is 4.79 Å². The van der Waals surface area contributed by atoms with E-state index in [-0.39, 0.29) is 18.0 Å². The topological polar surface area (TPSA) is 64.6 Å². The van der Waals surface area contributed by atoms with Gasteiger partial charge in [0.25, 0.3) is 0 Å². The molecule has 5 heteroatoms. The van der Waals surface area contributed by atoms with E-state index in [9.17, 15) is 9.90 Å². The van der Waals surface area contributed by atoms with E-state index in [0.29, 0.717) is 5.75 Å². The van der Waals surface area contributed by atoms with Crippen LogP contribution in [0.5, 0.6) is 5.75 Å². The summed E-state index contributed by atoms with van der Waals surface area (Å²) in [6, 6.07) is 6.11. The first-order valence-electron chi connectivity index (χ1n) is 7.03. The quantitative estimate of drug-likeness (QED) is 0.778. The summed E-state index contributed by atoms with van der Waals surface area (Å²) >= 11 is 0. The molecule has 2 atom stereocenters. The molecule has 0 aromatic heterocycles. The van der Waals surface area contributed by atoms with E-state index < -0.39 is 0 Å². The highest BCUT2D eigenvalue weighted by Gasteiger charge is 2.23. The average molecular weight is 277 g/mol. The molecule has 20 heavy (non-hydrogen) atoms. The highest BCUT2D eigenvalue weighted by molar-refractivity contribution is 5.73. The van der Waals surface area contributed by atoms with E-state index in [1.807, 2.05) is 26.1 Å². The molecule has 3 N–H and O–H groups in total. The number of amides is 1. The Labute approximate surface area is 120 Å². The number of rotatable bonds is 4. The van der Waals surface area contributed by atoms with Crippen LogP contribution in [-0.4, -0.2) is 37.2 Å². The highest BCUT2D eigenvalue weighted by atomic mass is 16.3. The lowest BCUT2D eigenvalue weighted by molar-refractivity contribution is -0.119. The first-order chi connectivity index (χ1) is 9.51. The molecule has 1 aromatic carbocycles. The summed E-state index contributed by atoms with van der Waals surface area (Å²) in [5.74, 6) is 0.324. The van der Waals surface area contributed by atoms with E-state index in [1.54, 1.807) is 13.0 Å². The van der Waals surface area contributed by atoms with Crippen LogP contribution in [0.15, 0.2) is 18.2 Å². The normalized spacial score (nSPS) is 19.9. The fourth-order valence-corrected chi connectivity index (χ4v) is 2.65. The lowest BCUT2D eigenvalue weighted by Crippen LogP contribution is -2.35. The van der Waals surface area contributed by atoms with E-state index in [1.165, 1.54) is 0 Å². The van der Waals surface area contributed by atoms with E-state index in [2.05, 4.69) is 15.5 Å². The van der Waals surface area contributed by atoms with Crippen LogP contribution >= 0.6 is 0 Å². The Morgan fingerprint density at radius 3 is 2.85 bits per heavy atom. The minimum Gasteiger partial charge on any atom is -0.508 e. The van der Waals surface area contributed by atoms with Gasteiger partial charge in [0.05, 0.1) is 0 Å². The molecule has 2 unspecified atom stereocenters. The van der Waals surface area contributed by atoms with Crippen molar-refractivity contribution in [2.45, 2.75) is 32.4 Å². The number of nitrogens with zero attached hydrogens (tertiary/aromatic N) is 1. The molecule has 110 valence electrons. The number of hydrogen-bond donors (Lipinski definition) is 3. The fraction of sp³-hybridized carbons (Fsp3) is 0.533. The number of benzene rings is 1. The van der Waals surface area contributed by atoms with Crippen molar-refractivity contribution < 1.29 is 9.90 Å². The molecule has 0 spiro atoms. The van der Waals surface area contributed by atoms with Crippen molar-refractivity contribution in [3.05, 3.63) is 23.8 Å². The predicted molar refractivity (Wildman–Crippen MR) is 80.0 cm³/mol. The van der Waals surface area contributed by atoms with Crippen molar-refractivity contribution in [3.63, 3.8) is 0 Å². The molecule has 1 aliphatic rings. The smallest absolute Gasteiger partial charge is 0.217 e. The zero-order valence-corrected chi connectivity index (χ0v) is 12.3. The van der Waals surface area contributed by atoms with E-state index >= 15 is 0 Å². The SMILES string of the molecule is CNC(C)c1ccc(N2CCC(NC(C)=O)C2)cc1O. The Bertz CT molecular complexity index is 490. The zero-order chi connectivity index (χ0) is 14.7. The molecule has 0 radical (unpaired) electrons. The summed E-state index contributed by atoms with van der Waals surface area (Å²) in [5.41, 5.74) is 1.90. The summed E-state index contributed by atoms with van der Waals surface area (Å²) < 4.78 is 0. The van der Waals surface area contributed by atoms with Crippen molar-refractivity contribution in [3.8, 4) is 5.75 Å². The van der Waals surface area contributed by atoms with Crippen molar-refractivity contribution in [1.82, 2.24) is 10.6 Å². The molecule has 1 fully saturated rings. The van der Waals surface area contributed by atoms with Crippen LogP contribution in [0.2, 0.25) is 0 Å². The molecule has 0 saturated carbocycles. The number of anilines is 1. The Morgan fingerprint density at radius 1 is 1.50 bits per heavy atom. The molecule has 1 heterocycles. The van der Waals surface area contributed by atoms with Crippen molar-refractivity contribution >= 4 is 11.6 Å². The standard InChI is InChI=1S/C15H23N3O2/c1-10(16-3)14-5-4-13(8-15(14)20)18-7-6-12(9-18)17-11(2)19/h4-5,8,10,12,16,20H,6-7,9H2,1-3H3,(H,17,19). The van der Waals surface area contributed by atoms with Gasteiger partial charge in [-0.15, -0.1) is 0 Å². The van der Waals surface area contributed by atoms with Crippen molar-refractivity contribution in [2.75, 3.05) is 25.0 Å². The van der Waals surface area contributed by atoms with Crippen LogP contribution in [0.1, 0.15) is 31.9 Å². The van der Waals surface area contributed by atoms with Crippen LogP contribution in [0.25, 0.3) is 0 Å². The van der Waals surface area contributed by atoms with Crippen molar-refractivity contribution in [2.24, 2.45) is 0 Å². The van der Waals surface area contributed by atoms with Crippen LogP contribution in [0.3, 0.4) is 0 Å². The molecule has 1 aromatic rings. The van der Waals surface area contributed by atoms with E-state index in [4.69, 9.17) is 0 Å². The monoisotopic (exact) mass is 277 g/mol. The van der Waals surface area contributed by atoms with Gasteiger partial charge in [-0.05, 0) is 26.5 Å². The fourth-order valence-electron chi connectivity index (χ4n) is 2.65. The third-order valence-corrected chi connectivity index (χ3v) is 3.87. The first kappa shape index (κ1) is 14.7. The second-order valence-electron chi connectivity index (χ2n) is 5.39. The van der Waals surface area contributed by atoms with Gasteiger partial charge >= 0.3 is 0 Å². The second kappa shape index (κ2) is 6.13. The van der Waals surface area contributed by atoms with Gasteiger partial charge < -0.3 is 20.6 Å². The van der Waals surface area contributed by atoms with Crippen LogP contribution < -0.4 is 15.5 Å². The Balaban J connectivity index is 2.07. The van der Waals surface area contributed by atoms with Gasteiger partial charge in [0.1, 0.15) is 5.75 Å². The van der Waals surface area contributed by atoms with Gasteiger partial charge in [-0.2, -0.15) is 0 Å². The maximum atomic E-state index is 11.1. The van der Waals surface area contributed by atoms with Crippen LogP contribution in [0, 0.1) is 0 Å². The van der Waals surface area contributed by atoms with Gasteiger partial charge in [0, 0.05) is 49.4 Å². The number of nitrogens with one attached hydrogen (secondary N) is 2. The molecular weight excluding hydrogens is 254 g/mol. The number of phenolic OH excluding ortho intramolecular Hbond substituents is 1. The Kier molecular flexibility index (Phi) is 4.49. The average Bonchev–Trinajstić information content (AvgIpc) is 2.85. The maximum absolute atomic E-state index is 11.1. The van der Waals surface area contributed by atoms with Gasteiger partial charge in [-0.3, -0.25) is 4.79 Å². The van der Waals surface area contributed by atoms with Gasteiger partial charge in [-0.25, -0.2) is 0 Å². The number of hydrogen-bond acceptors (Lipinski definition) is 4. The third-order valence-electron chi connectivity index (χ3n) is 3.87. The van der Waals surface area contributed by atoms with Gasteiger partial charge in [0.2, 0.25) is 5.91 Å². The zero-order valence-electron chi connectivity index (χ0n) is 12.3. The summed E-state index contributed by atoms with van der Waals surface area (Å²) in [6.45, 7) is 5.24. The maximum Gasteiger partial charge on any atom is 0.217 e. The molecule has 2 rings (SSSR count). The summed E-state index contributed by atoms with van der Waals surface area (Å²) in [4.78, 5) is 13.3. The number of carbonyl (C=O) groups is 1. The second-order valence-corrected chi connectivity index (χ2v) is 5.39. The molecule has 0 aliphatic carbocycles. The van der Waals surface area contributed by atoms with Crippen LogP contribution in [0.4, 0.5) is 5.69 Å². The molecule has 1 amide bonds. The first-order valence-corrected chi connectivity index (χ1v) is 7.03. The Hall–Kier alpha value is -1.75. The molecule has 5 nitrogen and oxygen atoms in total. The number of phenols is 1. The predicted octanol–water partition coefficient (Wildman–Crippen LogP) is 1.39. The Morgan fingerprint density at radius 2 is 2.25 bits per heavy atom. The molecule has 0 bridgehead atoms. The summed E-state index contributed by atoms with van der Waals surface area (Å²) in [5, 5.41) is 16.2. The molecule has 1 aliphatic heterocycles. The lowest BCUT2D eigenvalue weighted by Gasteiger charge is -2.21. The molecular formula is C15H23N3O2. The van der Waals surface area contributed by atoms with Gasteiger partial charge in [0.15, 0.2) is 0 Å². The number of carbonyl (C=O) groups excluding carboxylic acids is 1. The largest absolute Gasteiger partial charge is 0.508 e. The van der Waals surface area contributed by atoms with E-state index in [0.717, 1.165) is 30.8 Å². The lowest BCUT2D eigenvalue weighted by atomic mass is 10.1. The van der Waals surface area contributed by atoms with Gasteiger partial charge in [-0.1, -0.05) is 6.07 Å². The minimum atomic E-state index is 0.0119. The third kappa shape index (κ3) is 3.22.